The molecule has 1 unspecified atom stereocenters. The number of unbranched alkanes of at least 4 members (excludes halogenated alkanes) is 1. The summed E-state index contributed by atoms with van der Waals surface area (Å²) in [5, 5.41) is 9.53. The molecule has 0 spiro atoms. The number of rotatable bonds is 4. The van der Waals surface area contributed by atoms with Crippen molar-refractivity contribution in [3.63, 3.8) is 0 Å². The highest BCUT2D eigenvalue weighted by molar-refractivity contribution is 4.72. The standard InChI is InChI=1S/C10H19F3O/c1-9(2,3)8(14)6-4-5-7-10(11,12)13/h8,14H,4-7H2,1-3H3. The number of aliphatic hydroxyl groups excluding tert-OH is 1. The lowest BCUT2D eigenvalue weighted by Crippen LogP contribution is -2.25. The van der Waals surface area contributed by atoms with Gasteiger partial charge in [-0.2, -0.15) is 13.2 Å². The fraction of sp³-hybridized carbons (Fsp3) is 1.00. The summed E-state index contributed by atoms with van der Waals surface area (Å²) in [7, 11) is 0. The molecule has 0 amide bonds. The van der Waals surface area contributed by atoms with Crippen molar-refractivity contribution in [3.05, 3.63) is 0 Å². The number of hydrogen-bond donors (Lipinski definition) is 1. The van der Waals surface area contributed by atoms with Crippen molar-refractivity contribution in [3.8, 4) is 0 Å². The highest BCUT2D eigenvalue weighted by Crippen LogP contribution is 2.26. The van der Waals surface area contributed by atoms with E-state index in [2.05, 4.69) is 0 Å². The van der Waals surface area contributed by atoms with Crippen LogP contribution in [0.2, 0.25) is 0 Å². The van der Waals surface area contributed by atoms with Crippen LogP contribution in [0, 0.1) is 5.41 Å². The third-order valence-corrected chi connectivity index (χ3v) is 2.19. The van der Waals surface area contributed by atoms with Gasteiger partial charge >= 0.3 is 6.18 Å². The molecule has 0 aromatic rings. The molecule has 1 N–H and O–H groups in total. The Bertz CT molecular complexity index is 158. The molecule has 86 valence electrons. The summed E-state index contributed by atoms with van der Waals surface area (Å²) < 4.78 is 35.3. The van der Waals surface area contributed by atoms with Crippen LogP contribution in [0.4, 0.5) is 13.2 Å². The van der Waals surface area contributed by atoms with Gasteiger partial charge in [-0.3, -0.25) is 0 Å². The van der Waals surface area contributed by atoms with Crippen LogP contribution in [0.1, 0.15) is 46.5 Å². The van der Waals surface area contributed by atoms with Crippen molar-refractivity contribution in [2.45, 2.75) is 58.7 Å². The number of alkyl halides is 3. The van der Waals surface area contributed by atoms with E-state index in [1.165, 1.54) is 0 Å². The molecule has 0 aromatic carbocycles. The van der Waals surface area contributed by atoms with Crippen LogP contribution in [0.25, 0.3) is 0 Å². The lowest BCUT2D eigenvalue weighted by Gasteiger charge is -2.25. The second-order valence-electron chi connectivity index (χ2n) is 4.74. The first-order valence-electron chi connectivity index (χ1n) is 4.88. The third kappa shape index (κ3) is 7.18. The quantitative estimate of drug-likeness (QED) is 0.707. The van der Waals surface area contributed by atoms with Gasteiger partial charge in [0.25, 0.3) is 0 Å². The average Bonchev–Trinajstić information content (AvgIpc) is 1.93. The summed E-state index contributed by atoms with van der Waals surface area (Å²) in [6.45, 7) is 5.63. The first-order valence-corrected chi connectivity index (χ1v) is 4.88. The summed E-state index contributed by atoms with van der Waals surface area (Å²) in [5.74, 6) is 0. The predicted molar refractivity (Wildman–Crippen MR) is 50.0 cm³/mol. The molecule has 0 aromatic heterocycles. The van der Waals surface area contributed by atoms with Gasteiger partial charge in [-0.05, 0) is 18.3 Å². The Labute approximate surface area is 83.3 Å². The van der Waals surface area contributed by atoms with E-state index in [9.17, 15) is 18.3 Å². The maximum absolute atomic E-state index is 11.8. The van der Waals surface area contributed by atoms with Crippen molar-refractivity contribution >= 4 is 0 Å². The van der Waals surface area contributed by atoms with Gasteiger partial charge < -0.3 is 5.11 Å². The van der Waals surface area contributed by atoms with Crippen LogP contribution in [0.15, 0.2) is 0 Å². The number of halogens is 3. The monoisotopic (exact) mass is 212 g/mol. The lowest BCUT2D eigenvalue weighted by molar-refractivity contribution is -0.136. The highest BCUT2D eigenvalue weighted by atomic mass is 19.4. The minimum atomic E-state index is -4.06. The maximum Gasteiger partial charge on any atom is 0.389 e. The zero-order chi connectivity index (χ0) is 11.4. The van der Waals surface area contributed by atoms with Gasteiger partial charge in [0.15, 0.2) is 0 Å². The van der Waals surface area contributed by atoms with Crippen molar-refractivity contribution < 1.29 is 18.3 Å². The zero-order valence-electron chi connectivity index (χ0n) is 8.99. The van der Waals surface area contributed by atoms with Crippen LogP contribution >= 0.6 is 0 Å². The van der Waals surface area contributed by atoms with Crippen molar-refractivity contribution in [2.24, 2.45) is 5.41 Å². The SMILES string of the molecule is CC(C)(C)C(O)CCCCC(F)(F)F. The van der Waals surface area contributed by atoms with E-state index in [1.54, 1.807) is 0 Å². The Balaban J connectivity index is 3.56. The van der Waals surface area contributed by atoms with Crippen LogP contribution in [0.5, 0.6) is 0 Å². The summed E-state index contributed by atoms with van der Waals surface area (Å²) in [6, 6.07) is 0. The molecule has 0 bridgehead atoms. The Morgan fingerprint density at radius 2 is 1.57 bits per heavy atom. The first-order chi connectivity index (χ1) is 6.13. The predicted octanol–water partition coefficient (Wildman–Crippen LogP) is 3.52. The fourth-order valence-electron chi connectivity index (χ4n) is 1.10. The van der Waals surface area contributed by atoms with E-state index in [1.807, 2.05) is 20.8 Å². The minimum absolute atomic E-state index is 0.108. The molecule has 0 radical (unpaired) electrons. The highest BCUT2D eigenvalue weighted by Gasteiger charge is 2.27. The van der Waals surface area contributed by atoms with Gasteiger partial charge in [-0.15, -0.1) is 0 Å². The summed E-state index contributed by atoms with van der Waals surface area (Å²) in [4.78, 5) is 0. The Morgan fingerprint density at radius 1 is 1.07 bits per heavy atom. The molecule has 4 heteroatoms. The fourth-order valence-corrected chi connectivity index (χ4v) is 1.10. The van der Waals surface area contributed by atoms with Crippen LogP contribution in [-0.4, -0.2) is 17.4 Å². The first kappa shape index (κ1) is 13.8. The molecule has 0 heterocycles. The van der Waals surface area contributed by atoms with Gasteiger partial charge in [-0.25, -0.2) is 0 Å². The molecule has 1 nitrogen and oxygen atoms in total. The molecule has 0 aliphatic rings. The zero-order valence-corrected chi connectivity index (χ0v) is 8.99. The molecular formula is C10H19F3O. The average molecular weight is 212 g/mol. The van der Waals surface area contributed by atoms with E-state index in [4.69, 9.17) is 0 Å². The van der Waals surface area contributed by atoms with Crippen LogP contribution < -0.4 is 0 Å². The lowest BCUT2D eigenvalue weighted by atomic mass is 9.86. The Morgan fingerprint density at radius 3 is 1.93 bits per heavy atom. The van der Waals surface area contributed by atoms with E-state index in [-0.39, 0.29) is 11.8 Å². The van der Waals surface area contributed by atoms with E-state index in [0.29, 0.717) is 12.8 Å². The molecule has 0 aliphatic carbocycles. The minimum Gasteiger partial charge on any atom is -0.393 e. The van der Waals surface area contributed by atoms with Crippen LogP contribution in [-0.2, 0) is 0 Å². The summed E-state index contributed by atoms with van der Waals surface area (Å²) in [6.07, 6.45) is -4.35. The molecule has 0 aliphatic heterocycles. The number of hydrogen-bond acceptors (Lipinski definition) is 1. The van der Waals surface area contributed by atoms with Crippen molar-refractivity contribution in [1.29, 1.82) is 0 Å². The largest absolute Gasteiger partial charge is 0.393 e. The van der Waals surface area contributed by atoms with Crippen molar-refractivity contribution in [1.82, 2.24) is 0 Å². The molecule has 0 fully saturated rings. The van der Waals surface area contributed by atoms with Crippen LogP contribution in [0.3, 0.4) is 0 Å². The molecular weight excluding hydrogens is 193 g/mol. The van der Waals surface area contributed by atoms with Gasteiger partial charge in [0, 0.05) is 6.42 Å². The van der Waals surface area contributed by atoms with Crippen molar-refractivity contribution in [2.75, 3.05) is 0 Å². The van der Waals surface area contributed by atoms with Gasteiger partial charge in [0.2, 0.25) is 0 Å². The third-order valence-electron chi connectivity index (χ3n) is 2.19. The molecule has 14 heavy (non-hydrogen) atoms. The molecule has 0 saturated heterocycles. The topological polar surface area (TPSA) is 20.2 Å². The smallest absolute Gasteiger partial charge is 0.389 e. The Kier molecular flexibility index (Phi) is 4.92. The summed E-state index contributed by atoms with van der Waals surface area (Å²) in [5.41, 5.74) is -0.238. The van der Waals surface area contributed by atoms with E-state index >= 15 is 0 Å². The van der Waals surface area contributed by atoms with Gasteiger partial charge in [0.1, 0.15) is 0 Å². The number of aliphatic hydroxyl groups is 1. The maximum atomic E-state index is 11.8. The molecule has 1 atom stereocenters. The molecule has 0 saturated carbocycles. The van der Waals surface area contributed by atoms with E-state index in [0.717, 1.165) is 0 Å². The van der Waals surface area contributed by atoms with E-state index < -0.39 is 18.7 Å². The van der Waals surface area contributed by atoms with Gasteiger partial charge in [-0.1, -0.05) is 27.2 Å². The Hall–Kier alpha value is -0.250. The van der Waals surface area contributed by atoms with Gasteiger partial charge in [0.05, 0.1) is 6.10 Å². The normalized spacial score (nSPS) is 15.6. The second kappa shape index (κ2) is 5.01. The molecule has 0 rings (SSSR count). The summed E-state index contributed by atoms with van der Waals surface area (Å²) >= 11 is 0. The second-order valence-corrected chi connectivity index (χ2v) is 4.74.